The van der Waals surface area contributed by atoms with Gasteiger partial charge in [0.25, 0.3) is 0 Å². The van der Waals surface area contributed by atoms with Gasteiger partial charge >= 0.3 is 0 Å². The Balaban J connectivity index is 1.38. The van der Waals surface area contributed by atoms with E-state index < -0.39 is 0 Å². The minimum atomic E-state index is -0.201. The van der Waals surface area contributed by atoms with Crippen molar-refractivity contribution in [2.75, 3.05) is 24.5 Å². The van der Waals surface area contributed by atoms with Crippen molar-refractivity contribution in [1.82, 2.24) is 19.4 Å². The highest BCUT2D eigenvalue weighted by Crippen LogP contribution is 2.33. The molecule has 1 atom stereocenters. The molecular weight excluding hydrogens is 365 g/mol. The van der Waals surface area contributed by atoms with Crippen molar-refractivity contribution in [2.24, 2.45) is 0 Å². The standard InChI is InChI=1S/C23H26FN5/c24-20-8-6-19(7-9-20)22-21-5-4-12-27(21)13-14-29(22)17-18-15-25-23(26-16-18)28-10-2-1-3-11-28/h4-9,12,15-16,22H,1-3,10-11,13-14,17H2. The van der Waals surface area contributed by atoms with Crippen LogP contribution in [0, 0.1) is 5.82 Å². The van der Waals surface area contributed by atoms with E-state index in [1.807, 2.05) is 24.5 Å². The summed E-state index contributed by atoms with van der Waals surface area (Å²) in [4.78, 5) is 14.0. The molecule has 0 N–H and O–H groups in total. The average molecular weight is 391 g/mol. The van der Waals surface area contributed by atoms with Gasteiger partial charge in [0.05, 0.1) is 6.04 Å². The molecule has 29 heavy (non-hydrogen) atoms. The lowest BCUT2D eigenvalue weighted by atomic mass is 9.99. The number of benzene rings is 1. The van der Waals surface area contributed by atoms with Crippen LogP contribution in [0.2, 0.25) is 0 Å². The molecule has 0 saturated carbocycles. The lowest BCUT2D eigenvalue weighted by Gasteiger charge is -2.37. The molecule has 5 rings (SSSR count). The van der Waals surface area contributed by atoms with E-state index in [1.165, 1.54) is 25.0 Å². The van der Waals surface area contributed by atoms with Crippen molar-refractivity contribution >= 4 is 5.95 Å². The number of hydrogen-bond acceptors (Lipinski definition) is 4. The lowest BCUT2D eigenvalue weighted by molar-refractivity contribution is 0.174. The smallest absolute Gasteiger partial charge is 0.225 e. The molecule has 0 spiro atoms. The number of aromatic nitrogens is 3. The van der Waals surface area contributed by atoms with E-state index in [0.717, 1.165) is 49.8 Å². The van der Waals surface area contributed by atoms with Gasteiger partial charge in [0.1, 0.15) is 5.82 Å². The molecule has 1 saturated heterocycles. The Labute approximate surface area is 170 Å². The molecule has 4 heterocycles. The Bertz CT molecular complexity index is 944. The Morgan fingerprint density at radius 2 is 1.66 bits per heavy atom. The molecule has 150 valence electrons. The van der Waals surface area contributed by atoms with E-state index in [4.69, 9.17) is 0 Å². The SMILES string of the molecule is Fc1ccc(C2c3cccn3CCN2Cc2cnc(N3CCCCC3)nc2)cc1. The predicted molar refractivity (Wildman–Crippen MR) is 111 cm³/mol. The van der Waals surface area contributed by atoms with Gasteiger partial charge in [-0.1, -0.05) is 12.1 Å². The van der Waals surface area contributed by atoms with Crippen molar-refractivity contribution in [2.45, 2.75) is 38.4 Å². The number of piperidine rings is 1. The van der Waals surface area contributed by atoms with E-state index in [-0.39, 0.29) is 11.9 Å². The number of hydrogen-bond donors (Lipinski definition) is 0. The highest BCUT2D eigenvalue weighted by atomic mass is 19.1. The maximum absolute atomic E-state index is 13.5. The molecule has 0 bridgehead atoms. The lowest BCUT2D eigenvalue weighted by Crippen LogP contribution is -2.38. The van der Waals surface area contributed by atoms with Gasteiger partial charge in [-0.3, -0.25) is 4.90 Å². The van der Waals surface area contributed by atoms with Crippen LogP contribution < -0.4 is 4.90 Å². The highest BCUT2D eigenvalue weighted by molar-refractivity contribution is 5.32. The number of halogens is 1. The third kappa shape index (κ3) is 3.77. The Morgan fingerprint density at radius 3 is 2.41 bits per heavy atom. The van der Waals surface area contributed by atoms with Crippen LogP contribution in [-0.2, 0) is 13.1 Å². The predicted octanol–water partition coefficient (Wildman–Crippen LogP) is 4.01. The quantitative estimate of drug-likeness (QED) is 0.673. The van der Waals surface area contributed by atoms with Gasteiger partial charge in [0.15, 0.2) is 0 Å². The first-order chi connectivity index (χ1) is 14.3. The van der Waals surface area contributed by atoms with Crippen LogP contribution in [0.25, 0.3) is 0 Å². The van der Waals surface area contributed by atoms with Gasteiger partial charge in [-0.15, -0.1) is 0 Å². The molecule has 0 amide bonds. The van der Waals surface area contributed by atoms with Crippen LogP contribution in [0.15, 0.2) is 55.0 Å². The fourth-order valence-corrected chi connectivity index (χ4v) is 4.55. The number of rotatable bonds is 4. The van der Waals surface area contributed by atoms with Crippen molar-refractivity contribution in [1.29, 1.82) is 0 Å². The Hall–Kier alpha value is -2.73. The highest BCUT2D eigenvalue weighted by Gasteiger charge is 2.29. The second kappa shape index (κ2) is 7.95. The Morgan fingerprint density at radius 1 is 0.897 bits per heavy atom. The summed E-state index contributed by atoms with van der Waals surface area (Å²) in [6, 6.07) is 11.2. The number of nitrogens with zero attached hydrogens (tertiary/aromatic N) is 5. The molecule has 2 aliphatic heterocycles. The van der Waals surface area contributed by atoms with Crippen molar-refractivity contribution in [3.63, 3.8) is 0 Å². The van der Waals surface area contributed by atoms with Gasteiger partial charge in [-0.25, -0.2) is 14.4 Å². The molecule has 1 unspecified atom stereocenters. The Kier molecular flexibility index (Phi) is 5.02. The van der Waals surface area contributed by atoms with Crippen LogP contribution >= 0.6 is 0 Å². The summed E-state index contributed by atoms with van der Waals surface area (Å²) in [7, 11) is 0. The van der Waals surface area contributed by atoms with Gasteiger partial charge in [-0.2, -0.15) is 0 Å². The molecular formula is C23H26FN5. The molecule has 1 aromatic carbocycles. The summed E-state index contributed by atoms with van der Waals surface area (Å²) in [5.41, 5.74) is 3.46. The third-order valence-corrected chi connectivity index (χ3v) is 6.04. The minimum absolute atomic E-state index is 0.0983. The molecule has 2 aliphatic rings. The molecule has 1 fully saturated rings. The van der Waals surface area contributed by atoms with E-state index >= 15 is 0 Å². The summed E-state index contributed by atoms with van der Waals surface area (Å²) in [6.45, 7) is 4.75. The van der Waals surface area contributed by atoms with Gasteiger partial charge in [-0.05, 0) is 49.1 Å². The monoisotopic (exact) mass is 391 g/mol. The van der Waals surface area contributed by atoms with Crippen molar-refractivity contribution in [3.8, 4) is 0 Å². The largest absolute Gasteiger partial charge is 0.348 e. The maximum Gasteiger partial charge on any atom is 0.225 e. The molecule has 5 nitrogen and oxygen atoms in total. The van der Waals surface area contributed by atoms with Crippen LogP contribution in [0.3, 0.4) is 0 Å². The zero-order valence-corrected chi connectivity index (χ0v) is 16.5. The third-order valence-electron chi connectivity index (χ3n) is 6.04. The molecule has 3 aromatic rings. The minimum Gasteiger partial charge on any atom is -0.348 e. The van der Waals surface area contributed by atoms with Crippen molar-refractivity contribution < 1.29 is 4.39 Å². The van der Waals surface area contributed by atoms with Crippen LogP contribution in [0.5, 0.6) is 0 Å². The number of fused-ring (bicyclic) bond motifs is 1. The first-order valence-electron chi connectivity index (χ1n) is 10.5. The summed E-state index contributed by atoms with van der Waals surface area (Å²) in [5.74, 6) is 0.643. The van der Waals surface area contributed by atoms with Crippen molar-refractivity contribution in [3.05, 3.63) is 77.6 Å². The summed E-state index contributed by atoms with van der Waals surface area (Å²) < 4.78 is 15.8. The fraction of sp³-hybridized carbons (Fsp3) is 0.391. The van der Waals surface area contributed by atoms with E-state index in [9.17, 15) is 4.39 Å². The molecule has 0 aliphatic carbocycles. The molecule has 2 aromatic heterocycles. The summed E-state index contributed by atoms with van der Waals surface area (Å²) in [5, 5.41) is 0. The van der Waals surface area contributed by atoms with Crippen LogP contribution in [0.4, 0.5) is 10.3 Å². The zero-order chi connectivity index (χ0) is 19.6. The van der Waals surface area contributed by atoms with E-state index in [0.29, 0.717) is 0 Å². The average Bonchev–Trinajstić information content (AvgIpc) is 3.24. The first kappa shape index (κ1) is 18.3. The fourth-order valence-electron chi connectivity index (χ4n) is 4.55. The van der Waals surface area contributed by atoms with Gasteiger partial charge in [0, 0.05) is 62.6 Å². The molecule has 6 heteroatoms. The normalized spacial score (nSPS) is 19.9. The maximum atomic E-state index is 13.5. The van der Waals surface area contributed by atoms with Gasteiger partial charge < -0.3 is 9.47 Å². The number of anilines is 1. The summed E-state index contributed by atoms with van der Waals surface area (Å²) >= 11 is 0. The second-order valence-electron chi connectivity index (χ2n) is 7.99. The molecule has 0 radical (unpaired) electrons. The first-order valence-corrected chi connectivity index (χ1v) is 10.5. The van der Waals surface area contributed by atoms with Crippen LogP contribution in [-0.4, -0.2) is 39.1 Å². The van der Waals surface area contributed by atoms with E-state index in [2.05, 4.69) is 42.7 Å². The summed E-state index contributed by atoms with van der Waals surface area (Å²) in [6.07, 6.45) is 9.80. The second-order valence-corrected chi connectivity index (χ2v) is 7.99. The van der Waals surface area contributed by atoms with Crippen LogP contribution in [0.1, 0.15) is 42.1 Å². The zero-order valence-electron chi connectivity index (χ0n) is 16.5. The van der Waals surface area contributed by atoms with Gasteiger partial charge in [0.2, 0.25) is 5.95 Å². The van der Waals surface area contributed by atoms with E-state index in [1.54, 1.807) is 12.1 Å². The topological polar surface area (TPSA) is 37.2 Å².